The smallest absolute Gasteiger partial charge is 0.0212 e. The Morgan fingerprint density at radius 1 is 1.00 bits per heavy atom. The zero-order valence-corrected chi connectivity index (χ0v) is 14.0. The van der Waals surface area contributed by atoms with Crippen molar-refractivity contribution in [1.29, 1.82) is 0 Å². The van der Waals surface area contributed by atoms with E-state index < -0.39 is 0 Å². The Morgan fingerprint density at radius 2 is 1.78 bits per heavy atom. The number of likely N-dealkylation sites (tertiary alicyclic amines) is 1. The molecule has 2 aromatic carbocycles. The van der Waals surface area contributed by atoms with Gasteiger partial charge in [0.25, 0.3) is 0 Å². The summed E-state index contributed by atoms with van der Waals surface area (Å²) in [5.74, 6) is 0. The molecule has 2 aliphatic rings. The lowest BCUT2D eigenvalue weighted by Crippen LogP contribution is -2.28. The molecule has 0 spiro atoms. The van der Waals surface area contributed by atoms with Crippen LogP contribution in [0.2, 0.25) is 0 Å². The molecule has 0 saturated carbocycles. The zero-order valence-electron chi connectivity index (χ0n) is 14.0. The number of fused-ring (bicyclic) bond motifs is 1. The van der Waals surface area contributed by atoms with Crippen LogP contribution in [0.15, 0.2) is 42.5 Å². The summed E-state index contributed by atoms with van der Waals surface area (Å²) in [4.78, 5) is 2.63. The van der Waals surface area contributed by atoms with Gasteiger partial charge in [-0.2, -0.15) is 0 Å². The second-order valence-corrected chi connectivity index (χ2v) is 7.06. The maximum Gasteiger partial charge on any atom is 0.0212 e. The average molecular weight is 306 g/mol. The monoisotopic (exact) mass is 306 g/mol. The van der Waals surface area contributed by atoms with Crippen LogP contribution in [0, 0.1) is 0 Å². The fraction of sp³-hybridized carbons (Fsp3) is 0.429. The summed E-state index contributed by atoms with van der Waals surface area (Å²) >= 11 is 0. The summed E-state index contributed by atoms with van der Waals surface area (Å²) in [7, 11) is 0. The van der Waals surface area contributed by atoms with Gasteiger partial charge in [-0.25, -0.2) is 0 Å². The number of nitrogens with zero attached hydrogens (tertiary/aromatic N) is 1. The van der Waals surface area contributed by atoms with Gasteiger partial charge >= 0.3 is 0 Å². The third-order valence-corrected chi connectivity index (χ3v) is 5.50. The summed E-state index contributed by atoms with van der Waals surface area (Å²) in [5.41, 5.74) is 7.03. The Balaban J connectivity index is 1.43. The molecule has 1 saturated heterocycles. The first kappa shape index (κ1) is 14.9. The Labute approximate surface area is 139 Å². The van der Waals surface area contributed by atoms with Gasteiger partial charge in [0, 0.05) is 25.7 Å². The lowest BCUT2D eigenvalue weighted by atomic mass is 9.99. The van der Waals surface area contributed by atoms with Crippen LogP contribution >= 0.6 is 0 Å². The van der Waals surface area contributed by atoms with Crippen LogP contribution in [0.5, 0.6) is 0 Å². The van der Waals surface area contributed by atoms with Crippen LogP contribution in [-0.2, 0) is 19.5 Å². The highest BCUT2D eigenvalue weighted by Crippen LogP contribution is 2.25. The minimum atomic E-state index is 0.772. The van der Waals surface area contributed by atoms with E-state index in [4.69, 9.17) is 0 Å². The van der Waals surface area contributed by atoms with Crippen molar-refractivity contribution in [3.63, 3.8) is 0 Å². The molecule has 120 valence electrons. The summed E-state index contributed by atoms with van der Waals surface area (Å²) in [6.45, 7) is 6.87. The molecule has 0 bridgehead atoms. The SMILES string of the molecule is C[C@@H]1CCCN1CCc1ccc(-c2ccc3c(c2)CNC3)cc1. The molecule has 1 N–H and O–H groups in total. The van der Waals surface area contributed by atoms with E-state index in [9.17, 15) is 0 Å². The highest BCUT2D eigenvalue weighted by molar-refractivity contribution is 5.65. The summed E-state index contributed by atoms with van der Waals surface area (Å²) < 4.78 is 0. The van der Waals surface area contributed by atoms with Gasteiger partial charge in [-0.1, -0.05) is 36.4 Å². The van der Waals surface area contributed by atoms with Gasteiger partial charge < -0.3 is 10.2 Å². The molecule has 1 fully saturated rings. The van der Waals surface area contributed by atoms with Crippen molar-refractivity contribution in [2.24, 2.45) is 0 Å². The quantitative estimate of drug-likeness (QED) is 0.919. The molecule has 2 aliphatic heterocycles. The van der Waals surface area contributed by atoms with Gasteiger partial charge in [-0.3, -0.25) is 0 Å². The average Bonchev–Trinajstić information content (AvgIpc) is 3.21. The summed E-state index contributed by atoms with van der Waals surface area (Å²) in [5, 5.41) is 3.42. The molecular formula is C21H26N2. The molecule has 0 radical (unpaired) electrons. The van der Waals surface area contributed by atoms with Gasteiger partial charge in [0.15, 0.2) is 0 Å². The third-order valence-electron chi connectivity index (χ3n) is 5.50. The maximum absolute atomic E-state index is 3.42. The fourth-order valence-corrected chi connectivity index (χ4v) is 3.94. The minimum Gasteiger partial charge on any atom is -0.309 e. The first-order chi connectivity index (χ1) is 11.3. The van der Waals surface area contributed by atoms with Crippen LogP contribution in [0.4, 0.5) is 0 Å². The summed E-state index contributed by atoms with van der Waals surface area (Å²) in [6, 6.07) is 16.8. The number of hydrogen-bond donors (Lipinski definition) is 1. The molecule has 0 amide bonds. The topological polar surface area (TPSA) is 15.3 Å². The molecule has 1 atom stereocenters. The molecule has 23 heavy (non-hydrogen) atoms. The molecule has 0 aromatic heterocycles. The number of nitrogens with one attached hydrogen (secondary N) is 1. The Kier molecular flexibility index (Phi) is 4.19. The standard InChI is InChI=1S/C21H26N2/c1-16-3-2-11-23(16)12-10-17-4-6-18(7-5-17)19-8-9-20-14-22-15-21(20)13-19/h4-9,13,16,22H,2-3,10-12,14-15H2,1H3/t16-/m1/s1. The van der Waals surface area contributed by atoms with Gasteiger partial charge in [0.2, 0.25) is 0 Å². The first-order valence-corrected chi connectivity index (χ1v) is 8.95. The second-order valence-electron chi connectivity index (χ2n) is 7.06. The van der Waals surface area contributed by atoms with Crippen molar-refractivity contribution in [1.82, 2.24) is 10.2 Å². The molecule has 4 rings (SSSR count). The van der Waals surface area contributed by atoms with Gasteiger partial charge in [0.1, 0.15) is 0 Å². The van der Waals surface area contributed by atoms with E-state index in [1.807, 2.05) is 0 Å². The van der Waals surface area contributed by atoms with Crippen molar-refractivity contribution < 1.29 is 0 Å². The molecule has 2 heterocycles. The lowest BCUT2D eigenvalue weighted by molar-refractivity contribution is 0.272. The Hall–Kier alpha value is -1.64. The predicted molar refractivity (Wildman–Crippen MR) is 96.4 cm³/mol. The predicted octanol–water partition coefficient (Wildman–Crippen LogP) is 3.98. The highest BCUT2D eigenvalue weighted by Gasteiger charge is 2.19. The van der Waals surface area contributed by atoms with Gasteiger partial charge in [0.05, 0.1) is 0 Å². The van der Waals surface area contributed by atoms with Crippen LogP contribution in [0.3, 0.4) is 0 Å². The van der Waals surface area contributed by atoms with E-state index in [-0.39, 0.29) is 0 Å². The minimum absolute atomic E-state index is 0.772. The van der Waals surface area contributed by atoms with E-state index in [2.05, 4.69) is 59.6 Å². The van der Waals surface area contributed by atoms with E-state index in [1.165, 1.54) is 60.2 Å². The fourth-order valence-electron chi connectivity index (χ4n) is 3.94. The van der Waals surface area contributed by atoms with Crippen LogP contribution in [0.25, 0.3) is 11.1 Å². The van der Waals surface area contributed by atoms with Gasteiger partial charge in [-0.15, -0.1) is 0 Å². The maximum atomic E-state index is 3.42. The Morgan fingerprint density at radius 3 is 2.57 bits per heavy atom. The summed E-state index contributed by atoms with van der Waals surface area (Å²) in [6.07, 6.45) is 3.90. The van der Waals surface area contributed by atoms with Crippen molar-refractivity contribution in [3.05, 3.63) is 59.2 Å². The zero-order chi connectivity index (χ0) is 15.6. The van der Waals surface area contributed by atoms with Crippen molar-refractivity contribution in [2.75, 3.05) is 13.1 Å². The molecule has 2 nitrogen and oxygen atoms in total. The van der Waals surface area contributed by atoms with Crippen LogP contribution in [-0.4, -0.2) is 24.0 Å². The second kappa shape index (κ2) is 6.46. The number of rotatable bonds is 4. The number of benzene rings is 2. The highest BCUT2D eigenvalue weighted by atomic mass is 15.2. The van der Waals surface area contributed by atoms with E-state index >= 15 is 0 Å². The Bertz CT molecular complexity index is 675. The molecule has 2 aromatic rings. The van der Waals surface area contributed by atoms with E-state index in [1.54, 1.807) is 0 Å². The van der Waals surface area contributed by atoms with E-state index in [0.29, 0.717) is 0 Å². The lowest BCUT2D eigenvalue weighted by Gasteiger charge is -2.20. The molecule has 0 unspecified atom stereocenters. The van der Waals surface area contributed by atoms with Crippen LogP contribution < -0.4 is 5.32 Å². The van der Waals surface area contributed by atoms with Crippen LogP contribution in [0.1, 0.15) is 36.5 Å². The number of hydrogen-bond acceptors (Lipinski definition) is 2. The van der Waals surface area contributed by atoms with Gasteiger partial charge in [-0.05, 0) is 66.6 Å². The van der Waals surface area contributed by atoms with Crippen molar-refractivity contribution in [2.45, 2.75) is 45.3 Å². The van der Waals surface area contributed by atoms with E-state index in [0.717, 1.165) is 19.1 Å². The molecular weight excluding hydrogens is 280 g/mol. The first-order valence-electron chi connectivity index (χ1n) is 8.95. The molecule has 0 aliphatic carbocycles. The van der Waals surface area contributed by atoms with Crippen molar-refractivity contribution in [3.8, 4) is 11.1 Å². The molecule has 2 heteroatoms. The normalized spacial score (nSPS) is 20.8. The third kappa shape index (κ3) is 3.19. The van der Waals surface area contributed by atoms with Crippen molar-refractivity contribution >= 4 is 0 Å². The largest absolute Gasteiger partial charge is 0.309 e.